The van der Waals surface area contributed by atoms with Crippen molar-refractivity contribution in [1.29, 1.82) is 0 Å². The molecule has 0 radical (unpaired) electrons. The van der Waals surface area contributed by atoms with Gasteiger partial charge >= 0.3 is 18.0 Å². The summed E-state index contributed by atoms with van der Waals surface area (Å²) in [6, 6.07) is 7.57. The van der Waals surface area contributed by atoms with Gasteiger partial charge in [-0.05, 0) is 110 Å². The molecule has 0 fully saturated rings. The summed E-state index contributed by atoms with van der Waals surface area (Å²) >= 11 is 0. The molecule has 8 rings (SSSR count). The number of benzene rings is 2. The molecule has 0 spiro atoms. The molecule has 4 aliphatic rings. The Kier molecular flexibility index (Phi) is 19.5. The van der Waals surface area contributed by atoms with Crippen LogP contribution in [0, 0.1) is 12.7 Å². The number of nitrogens with zero attached hydrogens (tertiary/aromatic N) is 4. The van der Waals surface area contributed by atoms with Crippen molar-refractivity contribution >= 4 is 76.2 Å². The predicted octanol–water partition coefficient (Wildman–Crippen LogP) is 1.45. The average molecular weight is 1250 g/mol. The molecule has 1 aliphatic carbocycles. The molecule has 0 unspecified atom stereocenters. The van der Waals surface area contributed by atoms with Crippen molar-refractivity contribution in [3.05, 3.63) is 110 Å². The highest BCUT2D eigenvalue weighted by Gasteiger charge is 2.47. The molecule has 4 atom stereocenters. The minimum absolute atomic E-state index is 0.0136. The minimum Gasteiger partial charge on any atom is -0.459 e. The van der Waals surface area contributed by atoms with Gasteiger partial charge in [-0.3, -0.25) is 57.7 Å². The summed E-state index contributed by atoms with van der Waals surface area (Å²) < 4.78 is 38.9. The van der Waals surface area contributed by atoms with Crippen LogP contribution in [0.4, 0.5) is 9.18 Å². The molecule has 9 amide bonds. The number of ether oxygens (including phenoxy) is 4. The highest BCUT2D eigenvalue weighted by molar-refractivity contribution is 6.15. The van der Waals surface area contributed by atoms with E-state index in [0.29, 0.717) is 62.3 Å². The summed E-state index contributed by atoms with van der Waals surface area (Å²) in [4.78, 5) is 166. The number of imide groups is 1. The van der Waals surface area contributed by atoms with Crippen molar-refractivity contribution in [1.82, 2.24) is 51.3 Å². The maximum absolute atomic E-state index is 15.5. The maximum Gasteiger partial charge on any atom is 0.410 e. The van der Waals surface area contributed by atoms with Gasteiger partial charge < -0.3 is 60.5 Å². The van der Waals surface area contributed by atoms with Gasteiger partial charge in [-0.15, -0.1) is 0 Å². The van der Waals surface area contributed by atoms with Crippen LogP contribution >= 0.6 is 0 Å². The van der Waals surface area contributed by atoms with Crippen LogP contribution in [0.3, 0.4) is 0 Å². The molecule has 5 heterocycles. The number of amides is 9. The number of carbonyl (C=O) groups excluding carboxylic acids is 11. The summed E-state index contributed by atoms with van der Waals surface area (Å²) in [5.74, 6) is -9.17. The van der Waals surface area contributed by atoms with Crippen LogP contribution in [0.25, 0.3) is 22.3 Å². The fourth-order valence-electron chi connectivity index (χ4n) is 10.8. The molecule has 3 aliphatic heterocycles. The number of aliphatic hydroxyl groups is 1. The Balaban J connectivity index is 0.862. The summed E-state index contributed by atoms with van der Waals surface area (Å²) in [5, 5.41) is 27.2. The van der Waals surface area contributed by atoms with Crippen LogP contribution in [0.2, 0.25) is 0 Å². The molecule has 4 aromatic rings. The highest BCUT2D eigenvalue weighted by Crippen LogP contribution is 2.46. The first-order chi connectivity index (χ1) is 42.2. The summed E-state index contributed by atoms with van der Waals surface area (Å²) in [7, 11) is 0. The molecule has 0 saturated heterocycles. The highest BCUT2D eigenvalue weighted by atomic mass is 19.1. The van der Waals surface area contributed by atoms with E-state index in [9.17, 15) is 62.6 Å². The van der Waals surface area contributed by atoms with Crippen molar-refractivity contribution in [3.63, 3.8) is 0 Å². The molecule has 2 aromatic carbocycles. The van der Waals surface area contributed by atoms with Gasteiger partial charge in [0.2, 0.25) is 29.5 Å². The topological polar surface area (TPSA) is 358 Å². The Bertz CT molecular complexity index is 3700. The van der Waals surface area contributed by atoms with E-state index >= 15 is 4.39 Å². The fourth-order valence-corrected chi connectivity index (χ4v) is 10.8. The third-order valence-corrected chi connectivity index (χ3v) is 15.4. The number of cyclic esters (lactones) is 1. The Morgan fingerprint density at radius 3 is 2.10 bits per heavy atom. The molecule has 90 heavy (non-hydrogen) atoms. The Labute approximate surface area is 516 Å². The SMILES string of the molecule is CC[C@@]1(O)C(=O)OCc2c1cc1n(c2=O)Cc2c-1nc1cc(F)c(C)c3c1c2[C@@H](NC(=O)C(C)(C)OCNC(=O)CNC(=O)[C@H](Cc1ccccc1)NC(=O)CNC(=O)CNC(=O)[C@H](CN(CC(=O)OC(C)(C)C)C(=O)OC(C)(C)C)N1C(=O)C=CC1=O)CC3. The van der Waals surface area contributed by atoms with E-state index in [1.807, 2.05) is 0 Å². The lowest BCUT2D eigenvalue weighted by molar-refractivity contribution is -0.172. The summed E-state index contributed by atoms with van der Waals surface area (Å²) in [6.07, 6.45) is 1.24. The second kappa shape index (κ2) is 26.3. The molecule has 27 nitrogen and oxygen atoms in total. The van der Waals surface area contributed by atoms with Crippen molar-refractivity contribution < 1.29 is 81.2 Å². The maximum atomic E-state index is 15.5. The Morgan fingerprint density at radius 2 is 1.46 bits per heavy atom. The molecule has 0 bridgehead atoms. The molecule has 2 aromatic heterocycles. The molecule has 28 heteroatoms. The first-order valence-corrected chi connectivity index (χ1v) is 29.1. The van der Waals surface area contributed by atoms with Gasteiger partial charge in [0, 0.05) is 41.2 Å². The van der Waals surface area contributed by atoms with Gasteiger partial charge in [-0.2, -0.15) is 0 Å². The zero-order chi connectivity index (χ0) is 65.9. The summed E-state index contributed by atoms with van der Waals surface area (Å²) in [5.41, 5.74) is -2.21. The first kappa shape index (κ1) is 66.5. The second-order valence-electron chi connectivity index (χ2n) is 24.6. The number of nitrogens with one attached hydrogen (secondary N) is 6. The molecular weight excluding hydrogens is 1180 g/mol. The Hall–Kier alpha value is -9.44. The largest absolute Gasteiger partial charge is 0.459 e. The first-order valence-electron chi connectivity index (χ1n) is 29.1. The van der Waals surface area contributed by atoms with E-state index in [1.54, 1.807) is 91.8 Å². The summed E-state index contributed by atoms with van der Waals surface area (Å²) in [6.45, 7) is 11.1. The number of esters is 2. The lowest BCUT2D eigenvalue weighted by Crippen LogP contribution is -2.57. The number of carbonyl (C=O) groups is 11. The predicted molar refractivity (Wildman–Crippen MR) is 316 cm³/mol. The molecule has 7 N–H and O–H groups in total. The number of hydrogen-bond donors (Lipinski definition) is 7. The number of halogens is 1. The van der Waals surface area contributed by atoms with Crippen LogP contribution in [0.15, 0.2) is 59.4 Å². The van der Waals surface area contributed by atoms with Crippen LogP contribution in [-0.2, 0) is 98.5 Å². The van der Waals surface area contributed by atoms with E-state index in [-0.39, 0.29) is 42.6 Å². The lowest BCUT2D eigenvalue weighted by Gasteiger charge is -2.32. The second-order valence-corrected chi connectivity index (χ2v) is 24.6. The fraction of sp³-hybridized carbons (Fsp3) is 0.468. The van der Waals surface area contributed by atoms with Gasteiger partial charge in [-0.1, -0.05) is 37.3 Å². The number of aryl methyl sites for hydroxylation is 1. The van der Waals surface area contributed by atoms with Crippen LogP contribution in [0.5, 0.6) is 0 Å². The smallest absolute Gasteiger partial charge is 0.410 e. The molecule has 0 saturated carbocycles. The third-order valence-electron chi connectivity index (χ3n) is 15.4. The van der Waals surface area contributed by atoms with Gasteiger partial charge in [0.1, 0.15) is 54.6 Å². The van der Waals surface area contributed by atoms with Crippen molar-refractivity contribution in [2.24, 2.45) is 0 Å². The number of pyridine rings is 2. The van der Waals surface area contributed by atoms with Crippen LogP contribution in [0.1, 0.15) is 120 Å². The van der Waals surface area contributed by atoms with Crippen molar-refractivity contribution in [2.45, 2.75) is 149 Å². The Morgan fingerprint density at radius 1 is 0.822 bits per heavy atom. The molecule has 480 valence electrons. The van der Waals surface area contributed by atoms with E-state index in [0.717, 1.165) is 17.1 Å². The van der Waals surface area contributed by atoms with Gasteiger partial charge in [0.25, 0.3) is 23.3 Å². The van der Waals surface area contributed by atoms with E-state index in [4.69, 9.17) is 23.9 Å². The van der Waals surface area contributed by atoms with Crippen LogP contribution in [-0.4, -0.2) is 158 Å². The standard InChI is InChI=1S/C62H73FN10O17/c1-11-62(86)37-22-42-52-35(27-72(42)55(82)36(37)30-87-57(62)84)51-39(18-17-34-32(2)38(63)23-40(69-52)50(34)51)70-56(83)61(9,10)88-31-67-45(75)25-65-53(80)41(21-33-15-13-12-14-16-33)68-46(76)26-64-44(74)24-66-54(81)43(73-47(77)19-20-48(73)78)28-71(58(85)90-60(6,7)8)29-49(79)89-59(3,4)5/h12-16,19-20,22-23,39,41,43,86H,11,17-18,21,24-31H2,1-10H3,(H,64,74)(H,65,80)(H,66,81)(H,67,75)(H,68,76)(H,70,83)/t39-,41-,43-,62-/m0/s1. The number of aromatic nitrogens is 2. The number of hydrogen-bond acceptors (Lipinski definition) is 18. The third kappa shape index (κ3) is 14.8. The number of rotatable bonds is 22. The van der Waals surface area contributed by atoms with Gasteiger partial charge in [0.15, 0.2) is 5.60 Å². The molecular formula is C62H73FN10O17. The van der Waals surface area contributed by atoms with Crippen molar-refractivity contribution in [3.8, 4) is 11.4 Å². The lowest BCUT2D eigenvalue weighted by atomic mass is 9.81. The number of fused-ring (bicyclic) bond motifs is 5. The van der Waals surface area contributed by atoms with Crippen LogP contribution < -0.4 is 37.5 Å². The van der Waals surface area contributed by atoms with Gasteiger partial charge in [0.05, 0.1) is 61.2 Å². The zero-order valence-corrected chi connectivity index (χ0v) is 51.6. The van der Waals surface area contributed by atoms with E-state index < -0.39 is 157 Å². The van der Waals surface area contributed by atoms with Crippen molar-refractivity contribution in [2.75, 3.05) is 39.5 Å². The quantitative estimate of drug-likeness (QED) is 0.0223. The average Bonchev–Trinajstić information content (AvgIpc) is 1.45. The van der Waals surface area contributed by atoms with E-state index in [2.05, 4.69) is 31.9 Å². The van der Waals surface area contributed by atoms with Gasteiger partial charge in [-0.25, -0.2) is 19.0 Å². The normalized spacial score (nSPS) is 17.2. The zero-order valence-electron chi connectivity index (χ0n) is 51.6. The monoisotopic (exact) mass is 1250 g/mol. The minimum atomic E-state index is -2.08. The van der Waals surface area contributed by atoms with E-state index in [1.165, 1.54) is 24.5 Å².